The van der Waals surface area contributed by atoms with Crippen LogP contribution in [0, 0.1) is 0 Å². The van der Waals surface area contributed by atoms with Crippen LogP contribution in [0.3, 0.4) is 0 Å². The largest absolute Gasteiger partial charge is 0.481 e. The number of nitrogens with one attached hydrogen (secondary N) is 3. The van der Waals surface area contributed by atoms with Crippen LogP contribution in [0.25, 0.3) is 10.8 Å². The first-order chi connectivity index (χ1) is 17.9. The zero-order valence-electron chi connectivity index (χ0n) is 20.7. The van der Waals surface area contributed by atoms with Crippen LogP contribution in [0.5, 0.6) is 5.75 Å². The highest BCUT2D eigenvalue weighted by atomic mass is 32.1. The van der Waals surface area contributed by atoms with Gasteiger partial charge >= 0.3 is 5.97 Å². The van der Waals surface area contributed by atoms with Crippen LogP contribution in [-0.2, 0) is 25.5 Å². The number of thiocarbonyl (C=S) groups is 1. The lowest BCUT2D eigenvalue weighted by Gasteiger charge is -2.16. The van der Waals surface area contributed by atoms with Crippen LogP contribution in [0.4, 0.5) is 0 Å². The van der Waals surface area contributed by atoms with Crippen molar-refractivity contribution in [3.8, 4) is 5.75 Å². The maximum Gasteiger partial charge on any atom is 0.305 e. The van der Waals surface area contributed by atoms with Crippen molar-refractivity contribution in [2.75, 3.05) is 6.61 Å². The van der Waals surface area contributed by atoms with E-state index < -0.39 is 12.0 Å². The number of hydrazine groups is 1. The summed E-state index contributed by atoms with van der Waals surface area (Å²) in [7, 11) is 0. The molecule has 8 nitrogen and oxygen atoms in total. The summed E-state index contributed by atoms with van der Waals surface area (Å²) < 4.78 is 10.9. The second kappa shape index (κ2) is 14.5. The number of hydrogen-bond acceptors (Lipinski definition) is 6. The molecule has 9 heteroatoms. The predicted octanol–water partition coefficient (Wildman–Crippen LogP) is 3.98. The molecule has 3 aromatic rings. The zero-order valence-corrected chi connectivity index (χ0v) is 21.5. The van der Waals surface area contributed by atoms with Gasteiger partial charge in [0.2, 0.25) is 5.91 Å². The van der Waals surface area contributed by atoms with E-state index in [0.29, 0.717) is 18.8 Å². The van der Waals surface area contributed by atoms with Gasteiger partial charge in [0.1, 0.15) is 5.75 Å². The number of carbonyl (C=O) groups is 3. The molecule has 1 atom stereocenters. The fourth-order valence-electron chi connectivity index (χ4n) is 3.51. The van der Waals surface area contributed by atoms with Crippen LogP contribution in [0.1, 0.15) is 38.2 Å². The molecule has 0 saturated carbocycles. The molecule has 0 bridgehead atoms. The van der Waals surface area contributed by atoms with Crippen molar-refractivity contribution in [1.82, 2.24) is 16.2 Å². The maximum atomic E-state index is 12.3. The Bertz CT molecular complexity index is 1220. The molecule has 0 fully saturated rings. The Balaban J connectivity index is 1.26. The molecule has 2 amide bonds. The summed E-state index contributed by atoms with van der Waals surface area (Å²) in [5.74, 6) is -0.606. The summed E-state index contributed by atoms with van der Waals surface area (Å²) in [6.45, 7) is 1.95. The van der Waals surface area contributed by atoms with Gasteiger partial charge in [-0.05, 0) is 66.9 Å². The lowest BCUT2D eigenvalue weighted by atomic mass is 10.1. The van der Waals surface area contributed by atoms with E-state index in [1.807, 2.05) is 66.7 Å². The van der Waals surface area contributed by atoms with Gasteiger partial charge < -0.3 is 14.8 Å². The Morgan fingerprint density at radius 3 is 2.38 bits per heavy atom. The topological polar surface area (TPSA) is 106 Å². The Morgan fingerprint density at radius 2 is 1.59 bits per heavy atom. The fourth-order valence-corrected chi connectivity index (χ4v) is 3.68. The standard InChI is InChI=1S/C28H31N3O5S/c1-20(36-24-17-16-22-12-5-6-13-23(22)19-24)27(34)30-31-28(37)29-25(32)14-7-15-26(33)35-18-8-11-21-9-3-2-4-10-21/h2-6,9-10,12-13,16-17,19-20H,7-8,11,14-15,18H2,1H3,(H,30,34)(H2,29,31,32,37). The van der Waals surface area contributed by atoms with E-state index in [1.165, 1.54) is 5.56 Å². The fraction of sp³-hybridized carbons (Fsp3) is 0.286. The van der Waals surface area contributed by atoms with E-state index in [-0.39, 0.29) is 29.8 Å². The molecule has 194 valence electrons. The van der Waals surface area contributed by atoms with Crippen molar-refractivity contribution in [2.45, 2.75) is 45.1 Å². The van der Waals surface area contributed by atoms with Gasteiger partial charge in [-0.2, -0.15) is 0 Å². The van der Waals surface area contributed by atoms with E-state index in [1.54, 1.807) is 13.0 Å². The molecule has 37 heavy (non-hydrogen) atoms. The molecular formula is C28H31N3O5S. The number of carbonyl (C=O) groups excluding carboxylic acids is 3. The van der Waals surface area contributed by atoms with Crippen LogP contribution in [-0.4, -0.2) is 35.6 Å². The number of amides is 2. The summed E-state index contributed by atoms with van der Waals surface area (Å²) in [6, 6.07) is 23.4. The number of rotatable bonds is 11. The number of esters is 1. The molecule has 0 saturated heterocycles. The molecule has 1 unspecified atom stereocenters. The average Bonchev–Trinajstić information content (AvgIpc) is 2.90. The van der Waals surface area contributed by atoms with Gasteiger partial charge in [-0.3, -0.25) is 25.2 Å². The normalized spacial score (nSPS) is 11.3. The summed E-state index contributed by atoms with van der Waals surface area (Å²) in [5, 5.41) is 4.49. The number of benzene rings is 3. The molecule has 0 aliphatic carbocycles. The van der Waals surface area contributed by atoms with Gasteiger partial charge in [-0.1, -0.05) is 60.7 Å². The van der Waals surface area contributed by atoms with Crippen molar-refractivity contribution in [3.63, 3.8) is 0 Å². The lowest BCUT2D eigenvalue weighted by molar-refractivity contribution is -0.143. The molecule has 3 rings (SSSR count). The maximum absolute atomic E-state index is 12.3. The SMILES string of the molecule is CC(Oc1ccc2ccccc2c1)C(=O)NNC(=S)NC(=O)CCCC(=O)OCCCc1ccccc1. The number of fused-ring (bicyclic) bond motifs is 1. The first kappa shape index (κ1) is 27.6. The van der Waals surface area contributed by atoms with Crippen molar-refractivity contribution < 1.29 is 23.9 Å². The number of aryl methyl sites for hydroxylation is 1. The zero-order chi connectivity index (χ0) is 26.5. The summed E-state index contributed by atoms with van der Waals surface area (Å²) in [5.41, 5.74) is 6.10. The van der Waals surface area contributed by atoms with E-state index in [9.17, 15) is 14.4 Å². The van der Waals surface area contributed by atoms with Gasteiger partial charge in [0.25, 0.3) is 5.91 Å². The van der Waals surface area contributed by atoms with Crippen LogP contribution >= 0.6 is 12.2 Å². The summed E-state index contributed by atoms with van der Waals surface area (Å²) in [4.78, 5) is 36.2. The van der Waals surface area contributed by atoms with E-state index in [4.69, 9.17) is 21.7 Å². The van der Waals surface area contributed by atoms with E-state index >= 15 is 0 Å². The van der Waals surface area contributed by atoms with Crippen LogP contribution in [0.15, 0.2) is 72.8 Å². The third-order valence-electron chi connectivity index (χ3n) is 5.46. The summed E-state index contributed by atoms with van der Waals surface area (Å²) >= 11 is 5.04. The second-order valence-corrected chi connectivity index (χ2v) is 8.83. The third-order valence-corrected chi connectivity index (χ3v) is 5.66. The van der Waals surface area contributed by atoms with Crippen molar-refractivity contribution in [2.24, 2.45) is 0 Å². The van der Waals surface area contributed by atoms with Gasteiger partial charge in [0.05, 0.1) is 6.61 Å². The van der Waals surface area contributed by atoms with Crippen molar-refractivity contribution in [1.29, 1.82) is 0 Å². The highest BCUT2D eigenvalue weighted by Crippen LogP contribution is 2.21. The Labute approximate surface area is 221 Å². The molecule has 3 aromatic carbocycles. The lowest BCUT2D eigenvalue weighted by Crippen LogP contribution is -2.51. The average molecular weight is 522 g/mol. The minimum absolute atomic E-state index is 0.0558. The Morgan fingerprint density at radius 1 is 0.865 bits per heavy atom. The van der Waals surface area contributed by atoms with Crippen LogP contribution in [0.2, 0.25) is 0 Å². The van der Waals surface area contributed by atoms with Gasteiger partial charge in [0.15, 0.2) is 11.2 Å². The number of hydrogen-bond donors (Lipinski definition) is 3. The molecule has 0 aromatic heterocycles. The minimum Gasteiger partial charge on any atom is -0.481 e. The van der Waals surface area contributed by atoms with Crippen molar-refractivity contribution in [3.05, 3.63) is 78.4 Å². The molecule has 0 aliphatic rings. The molecule has 0 radical (unpaired) electrons. The highest BCUT2D eigenvalue weighted by molar-refractivity contribution is 7.80. The Kier molecular flexibility index (Phi) is 10.9. The smallest absolute Gasteiger partial charge is 0.305 e. The third kappa shape index (κ3) is 9.89. The van der Waals surface area contributed by atoms with Crippen LogP contribution < -0.4 is 20.9 Å². The van der Waals surface area contributed by atoms with E-state index in [0.717, 1.165) is 23.6 Å². The second-order valence-electron chi connectivity index (χ2n) is 8.42. The molecule has 0 spiro atoms. The Hall–Kier alpha value is -3.98. The highest BCUT2D eigenvalue weighted by Gasteiger charge is 2.15. The molecule has 3 N–H and O–H groups in total. The van der Waals surface area contributed by atoms with E-state index in [2.05, 4.69) is 16.2 Å². The van der Waals surface area contributed by atoms with Crippen molar-refractivity contribution >= 4 is 45.9 Å². The predicted molar refractivity (Wildman–Crippen MR) is 146 cm³/mol. The molecular weight excluding hydrogens is 490 g/mol. The molecule has 0 aliphatic heterocycles. The first-order valence-electron chi connectivity index (χ1n) is 12.2. The molecule has 0 heterocycles. The quantitative estimate of drug-likeness (QED) is 0.152. The summed E-state index contributed by atoms with van der Waals surface area (Å²) in [6.07, 6.45) is 1.34. The minimum atomic E-state index is -0.800. The monoisotopic (exact) mass is 521 g/mol. The first-order valence-corrected chi connectivity index (χ1v) is 12.6. The van der Waals surface area contributed by atoms with Gasteiger partial charge in [0, 0.05) is 12.8 Å². The number of ether oxygens (including phenoxy) is 2. The van der Waals surface area contributed by atoms with Gasteiger partial charge in [-0.25, -0.2) is 0 Å². The van der Waals surface area contributed by atoms with Gasteiger partial charge in [-0.15, -0.1) is 0 Å².